The van der Waals surface area contributed by atoms with E-state index in [0.717, 1.165) is 9.86 Å². The van der Waals surface area contributed by atoms with Gasteiger partial charge in [-0.3, -0.25) is 4.79 Å². The van der Waals surface area contributed by atoms with E-state index in [-0.39, 0.29) is 5.78 Å². The molecule has 90 valence electrons. The molecule has 0 spiro atoms. The highest BCUT2D eigenvalue weighted by molar-refractivity contribution is 9.10. The maximum absolute atomic E-state index is 12.2. The van der Waals surface area contributed by atoms with Gasteiger partial charge in [-0.25, -0.2) is 0 Å². The Morgan fingerprint density at radius 2 is 2.17 bits per heavy atom. The first kappa shape index (κ1) is 12.0. The second kappa shape index (κ2) is 4.53. The van der Waals surface area contributed by atoms with Crippen LogP contribution in [0.4, 0.5) is 0 Å². The average molecular weight is 342 g/mol. The second-order valence-corrected chi connectivity index (χ2v) is 6.13. The minimum absolute atomic E-state index is 0.152. The lowest BCUT2D eigenvalue weighted by atomic mass is 10.1. The number of thiophene rings is 1. The van der Waals surface area contributed by atoms with Crippen molar-refractivity contribution in [2.75, 3.05) is 0 Å². The Balaban J connectivity index is 2.10. The zero-order valence-electron chi connectivity index (χ0n) is 8.94. The van der Waals surface area contributed by atoms with Gasteiger partial charge in [0.2, 0.25) is 5.78 Å². The first-order valence-electron chi connectivity index (χ1n) is 5.12. The number of hydrogen-bond acceptors (Lipinski definition) is 3. The topological polar surface area (TPSA) is 30.2 Å². The molecule has 0 radical (unpaired) electrons. The molecule has 5 heteroatoms. The Hall–Kier alpha value is -1.10. The number of carbonyl (C=O) groups excluding carboxylic acids is 1. The predicted molar refractivity (Wildman–Crippen MR) is 76.7 cm³/mol. The van der Waals surface area contributed by atoms with Gasteiger partial charge in [-0.2, -0.15) is 0 Å². The van der Waals surface area contributed by atoms with Gasteiger partial charge in [-0.15, -0.1) is 11.3 Å². The fourth-order valence-electron chi connectivity index (χ4n) is 1.71. The molecule has 3 rings (SSSR count). The summed E-state index contributed by atoms with van der Waals surface area (Å²) in [5.74, 6) is 0.174. The average Bonchev–Trinajstić information content (AvgIpc) is 2.95. The van der Waals surface area contributed by atoms with Gasteiger partial charge in [0, 0.05) is 16.3 Å². The van der Waals surface area contributed by atoms with Gasteiger partial charge in [0.15, 0.2) is 5.76 Å². The van der Waals surface area contributed by atoms with Crippen molar-refractivity contribution in [2.24, 2.45) is 0 Å². The summed E-state index contributed by atoms with van der Waals surface area (Å²) in [6.07, 6.45) is 0. The van der Waals surface area contributed by atoms with Gasteiger partial charge in [-0.05, 0) is 34.1 Å². The van der Waals surface area contributed by atoms with E-state index in [4.69, 9.17) is 16.0 Å². The SMILES string of the molecule is O=C(c1csc(Cl)c1)c1cc2cccc(Br)c2o1. The van der Waals surface area contributed by atoms with E-state index in [1.807, 2.05) is 18.2 Å². The fourth-order valence-corrected chi connectivity index (χ4v) is 3.03. The largest absolute Gasteiger partial charge is 0.451 e. The molecule has 0 saturated carbocycles. The van der Waals surface area contributed by atoms with Crippen LogP contribution in [-0.4, -0.2) is 5.78 Å². The maximum Gasteiger partial charge on any atom is 0.229 e. The summed E-state index contributed by atoms with van der Waals surface area (Å²) < 4.78 is 7.02. The summed E-state index contributed by atoms with van der Waals surface area (Å²) >= 11 is 10.6. The van der Waals surface area contributed by atoms with Crippen LogP contribution in [0.15, 0.2) is 44.6 Å². The number of fused-ring (bicyclic) bond motifs is 1. The van der Waals surface area contributed by atoms with Crippen LogP contribution in [0.5, 0.6) is 0 Å². The molecule has 0 aliphatic heterocycles. The zero-order valence-corrected chi connectivity index (χ0v) is 12.1. The molecule has 0 aliphatic carbocycles. The zero-order chi connectivity index (χ0) is 12.7. The van der Waals surface area contributed by atoms with Gasteiger partial charge in [0.1, 0.15) is 5.58 Å². The molecule has 0 N–H and O–H groups in total. The van der Waals surface area contributed by atoms with E-state index in [0.29, 0.717) is 21.2 Å². The molecule has 0 unspecified atom stereocenters. The van der Waals surface area contributed by atoms with E-state index >= 15 is 0 Å². The second-order valence-electron chi connectivity index (χ2n) is 3.74. The highest BCUT2D eigenvalue weighted by atomic mass is 79.9. The Kier molecular flexibility index (Phi) is 3.01. The summed E-state index contributed by atoms with van der Waals surface area (Å²) in [5.41, 5.74) is 1.24. The Labute approximate surface area is 120 Å². The van der Waals surface area contributed by atoms with Crippen LogP contribution in [-0.2, 0) is 0 Å². The van der Waals surface area contributed by atoms with Crippen molar-refractivity contribution < 1.29 is 9.21 Å². The Morgan fingerprint density at radius 3 is 2.83 bits per heavy atom. The minimum Gasteiger partial charge on any atom is -0.451 e. The fraction of sp³-hybridized carbons (Fsp3) is 0. The molecule has 2 aromatic heterocycles. The van der Waals surface area contributed by atoms with Crippen molar-refractivity contribution in [3.05, 3.63) is 55.8 Å². The summed E-state index contributed by atoms with van der Waals surface area (Å²) in [6, 6.07) is 9.07. The third kappa shape index (κ3) is 2.00. The lowest BCUT2D eigenvalue weighted by molar-refractivity contribution is 0.101. The van der Waals surface area contributed by atoms with Crippen LogP contribution in [0, 0.1) is 0 Å². The lowest BCUT2D eigenvalue weighted by Crippen LogP contribution is -1.96. The quantitative estimate of drug-likeness (QED) is 0.604. The van der Waals surface area contributed by atoms with Crippen molar-refractivity contribution in [1.82, 2.24) is 0 Å². The molecule has 2 nitrogen and oxygen atoms in total. The third-order valence-electron chi connectivity index (χ3n) is 2.55. The number of para-hydroxylation sites is 1. The van der Waals surface area contributed by atoms with Gasteiger partial charge in [0.05, 0.1) is 8.81 Å². The monoisotopic (exact) mass is 340 g/mol. The predicted octanol–water partition coefficient (Wildman–Crippen LogP) is 5.14. The van der Waals surface area contributed by atoms with Crippen LogP contribution in [0.3, 0.4) is 0 Å². The maximum atomic E-state index is 12.2. The molecule has 3 aromatic rings. The van der Waals surface area contributed by atoms with Crippen LogP contribution in [0.25, 0.3) is 11.0 Å². The van der Waals surface area contributed by atoms with E-state index in [1.54, 1.807) is 17.5 Å². The number of furan rings is 1. The molecule has 0 aliphatic rings. The molecule has 0 amide bonds. The van der Waals surface area contributed by atoms with E-state index in [9.17, 15) is 4.79 Å². The molecule has 0 saturated heterocycles. The van der Waals surface area contributed by atoms with Crippen molar-refractivity contribution in [3.8, 4) is 0 Å². The van der Waals surface area contributed by atoms with Gasteiger partial charge >= 0.3 is 0 Å². The summed E-state index contributed by atoms with van der Waals surface area (Å²) in [7, 11) is 0. The number of benzene rings is 1. The molecule has 0 fully saturated rings. The van der Waals surface area contributed by atoms with Crippen molar-refractivity contribution in [3.63, 3.8) is 0 Å². The van der Waals surface area contributed by atoms with E-state index < -0.39 is 0 Å². The first-order chi connectivity index (χ1) is 8.65. The Bertz CT molecular complexity index is 744. The van der Waals surface area contributed by atoms with Gasteiger partial charge in [0.25, 0.3) is 0 Å². The number of halogens is 2. The smallest absolute Gasteiger partial charge is 0.229 e. The molecule has 0 bridgehead atoms. The van der Waals surface area contributed by atoms with Crippen LogP contribution in [0.2, 0.25) is 4.34 Å². The van der Waals surface area contributed by atoms with Crippen molar-refractivity contribution >= 4 is 55.6 Å². The molecule has 18 heavy (non-hydrogen) atoms. The lowest BCUT2D eigenvalue weighted by Gasteiger charge is -1.92. The number of carbonyl (C=O) groups is 1. The highest BCUT2D eigenvalue weighted by Gasteiger charge is 2.16. The number of hydrogen-bond donors (Lipinski definition) is 0. The summed E-state index contributed by atoms with van der Waals surface area (Å²) in [4.78, 5) is 12.2. The number of ketones is 1. The normalized spacial score (nSPS) is 11.0. The van der Waals surface area contributed by atoms with Crippen LogP contribution < -0.4 is 0 Å². The summed E-state index contributed by atoms with van der Waals surface area (Å²) in [6.45, 7) is 0. The van der Waals surface area contributed by atoms with Crippen molar-refractivity contribution in [2.45, 2.75) is 0 Å². The molecule has 0 atom stereocenters. The van der Waals surface area contributed by atoms with E-state index in [2.05, 4.69) is 15.9 Å². The highest BCUT2D eigenvalue weighted by Crippen LogP contribution is 2.29. The van der Waals surface area contributed by atoms with E-state index in [1.165, 1.54) is 11.3 Å². The third-order valence-corrected chi connectivity index (χ3v) is 4.27. The standard InChI is InChI=1S/C13H6BrClO2S/c14-9-3-1-2-7-4-10(17-13(7)9)12(16)8-5-11(15)18-6-8/h1-6H. The number of rotatable bonds is 2. The molecular weight excluding hydrogens is 336 g/mol. The van der Waals surface area contributed by atoms with Gasteiger partial charge < -0.3 is 4.42 Å². The van der Waals surface area contributed by atoms with Crippen LogP contribution in [0.1, 0.15) is 16.1 Å². The molecule has 1 aromatic carbocycles. The van der Waals surface area contributed by atoms with Crippen molar-refractivity contribution in [1.29, 1.82) is 0 Å². The first-order valence-corrected chi connectivity index (χ1v) is 7.17. The summed E-state index contributed by atoms with van der Waals surface area (Å²) in [5, 5.41) is 2.63. The van der Waals surface area contributed by atoms with Crippen LogP contribution >= 0.6 is 38.9 Å². The molecular formula is C13H6BrClO2S. The minimum atomic E-state index is -0.152. The van der Waals surface area contributed by atoms with Gasteiger partial charge in [-0.1, -0.05) is 23.7 Å². The molecule has 2 heterocycles. The Morgan fingerprint density at radius 1 is 1.33 bits per heavy atom.